The van der Waals surface area contributed by atoms with Crippen LogP contribution < -0.4 is 5.73 Å². The Labute approximate surface area is 114 Å². The van der Waals surface area contributed by atoms with Crippen molar-refractivity contribution in [3.63, 3.8) is 0 Å². The Morgan fingerprint density at radius 1 is 1.32 bits per heavy atom. The van der Waals surface area contributed by atoms with Gasteiger partial charge in [-0.1, -0.05) is 12.8 Å². The zero-order valence-electron chi connectivity index (χ0n) is 11.2. The SMILES string of the molecule is NCc1cc(C(=O)N2CC3CCCCC3C2)ccn1. The summed E-state index contributed by atoms with van der Waals surface area (Å²) in [6.45, 7) is 2.25. The first-order valence-electron chi connectivity index (χ1n) is 7.22. The average molecular weight is 259 g/mol. The van der Waals surface area contributed by atoms with Crippen LogP contribution in [0.5, 0.6) is 0 Å². The quantitative estimate of drug-likeness (QED) is 0.881. The van der Waals surface area contributed by atoms with E-state index in [1.807, 2.05) is 11.0 Å². The van der Waals surface area contributed by atoms with Crippen molar-refractivity contribution < 1.29 is 4.79 Å². The molecule has 1 aliphatic carbocycles. The van der Waals surface area contributed by atoms with E-state index < -0.39 is 0 Å². The number of amides is 1. The average Bonchev–Trinajstić information content (AvgIpc) is 2.90. The third-order valence-electron chi connectivity index (χ3n) is 4.54. The first-order chi connectivity index (χ1) is 9.28. The van der Waals surface area contributed by atoms with Crippen LogP contribution in [0.1, 0.15) is 41.7 Å². The molecule has 4 nitrogen and oxygen atoms in total. The number of pyridine rings is 1. The number of hydrogen-bond donors (Lipinski definition) is 1. The highest BCUT2D eigenvalue weighted by Gasteiger charge is 2.36. The molecule has 1 aromatic rings. The minimum atomic E-state index is 0.145. The maximum absolute atomic E-state index is 12.5. The molecule has 0 spiro atoms. The molecule has 1 saturated heterocycles. The Kier molecular flexibility index (Phi) is 3.51. The first kappa shape index (κ1) is 12.6. The molecule has 2 unspecified atom stereocenters. The molecular formula is C15H21N3O. The summed E-state index contributed by atoms with van der Waals surface area (Å²) in [5, 5.41) is 0. The zero-order valence-corrected chi connectivity index (χ0v) is 11.2. The Bertz CT molecular complexity index is 460. The molecule has 0 radical (unpaired) electrons. The first-order valence-corrected chi connectivity index (χ1v) is 7.22. The van der Waals surface area contributed by atoms with E-state index in [4.69, 9.17) is 5.73 Å². The number of aromatic nitrogens is 1. The van der Waals surface area contributed by atoms with Crippen molar-refractivity contribution in [2.45, 2.75) is 32.2 Å². The molecule has 0 bridgehead atoms. The molecule has 19 heavy (non-hydrogen) atoms. The summed E-state index contributed by atoms with van der Waals surface area (Å²) in [4.78, 5) is 18.7. The maximum atomic E-state index is 12.5. The summed E-state index contributed by atoms with van der Waals surface area (Å²) in [7, 11) is 0. The van der Waals surface area contributed by atoms with Gasteiger partial charge in [-0.3, -0.25) is 9.78 Å². The highest BCUT2D eigenvalue weighted by atomic mass is 16.2. The minimum absolute atomic E-state index is 0.145. The highest BCUT2D eigenvalue weighted by Crippen LogP contribution is 2.36. The number of nitrogens with zero attached hydrogens (tertiary/aromatic N) is 2. The van der Waals surface area contributed by atoms with E-state index >= 15 is 0 Å². The van der Waals surface area contributed by atoms with Crippen molar-refractivity contribution >= 4 is 5.91 Å². The number of rotatable bonds is 2. The molecule has 2 atom stereocenters. The molecular weight excluding hydrogens is 238 g/mol. The second-order valence-corrected chi connectivity index (χ2v) is 5.75. The highest BCUT2D eigenvalue weighted by molar-refractivity contribution is 5.94. The van der Waals surface area contributed by atoms with Crippen molar-refractivity contribution in [2.75, 3.05) is 13.1 Å². The van der Waals surface area contributed by atoms with Gasteiger partial charge < -0.3 is 10.6 Å². The van der Waals surface area contributed by atoms with E-state index in [0.717, 1.165) is 36.2 Å². The van der Waals surface area contributed by atoms with Crippen molar-refractivity contribution in [3.05, 3.63) is 29.6 Å². The van der Waals surface area contributed by atoms with Gasteiger partial charge in [0.1, 0.15) is 0 Å². The Balaban J connectivity index is 1.73. The lowest BCUT2D eigenvalue weighted by Crippen LogP contribution is -2.29. The molecule has 2 aliphatic rings. The van der Waals surface area contributed by atoms with E-state index in [1.165, 1.54) is 25.7 Å². The predicted octanol–water partition coefficient (Wildman–Crippen LogP) is 1.80. The molecule has 2 heterocycles. The molecule has 4 heteroatoms. The Hall–Kier alpha value is -1.42. The second-order valence-electron chi connectivity index (χ2n) is 5.75. The molecule has 1 amide bonds. The smallest absolute Gasteiger partial charge is 0.253 e. The molecule has 1 aromatic heterocycles. The number of likely N-dealkylation sites (tertiary alicyclic amines) is 1. The van der Waals surface area contributed by atoms with Gasteiger partial charge in [0.15, 0.2) is 0 Å². The fourth-order valence-electron chi connectivity index (χ4n) is 3.48. The maximum Gasteiger partial charge on any atom is 0.253 e. The Morgan fingerprint density at radius 2 is 2.00 bits per heavy atom. The summed E-state index contributed by atoms with van der Waals surface area (Å²) < 4.78 is 0. The molecule has 1 saturated carbocycles. The van der Waals surface area contributed by atoms with E-state index in [0.29, 0.717) is 6.54 Å². The van der Waals surface area contributed by atoms with Crippen LogP contribution >= 0.6 is 0 Å². The van der Waals surface area contributed by atoms with Crippen LogP contribution in [0.3, 0.4) is 0 Å². The monoisotopic (exact) mass is 259 g/mol. The van der Waals surface area contributed by atoms with Gasteiger partial charge in [0.2, 0.25) is 0 Å². The van der Waals surface area contributed by atoms with Crippen molar-refractivity contribution in [2.24, 2.45) is 17.6 Å². The number of hydrogen-bond acceptors (Lipinski definition) is 3. The molecule has 0 aromatic carbocycles. The van der Waals surface area contributed by atoms with Crippen LogP contribution in [-0.2, 0) is 6.54 Å². The molecule has 1 aliphatic heterocycles. The van der Waals surface area contributed by atoms with Crippen LogP contribution in [0.15, 0.2) is 18.3 Å². The van der Waals surface area contributed by atoms with Crippen molar-refractivity contribution in [1.29, 1.82) is 0 Å². The van der Waals surface area contributed by atoms with Gasteiger partial charge in [0.25, 0.3) is 5.91 Å². The summed E-state index contributed by atoms with van der Waals surface area (Å²) in [5.41, 5.74) is 7.09. The van der Waals surface area contributed by atoms with E-state index in [2.05, 4.69) is 4.98 Å². The zero-order chi connectivity index (χ0) is 13.2. The van der Waals surface area contributed by atoms with Gasteiger partial charge >= 0.3 is 0 Å². The summed E-state index contributed by atoms with van der Waals surface area (Å²) in [6.07, 6.45) is 6.92. The molecule has 2 N–H and O–H groups in total. The molecule has 3 rings (SSSR count). The normalized spacial score (nSPS) is 26.3. The van der Waals surface area contributed by atoms with Gasteiger partial charge in [0, 0.05) is 31.4 Å². The lowest BCUT2D eigenvalue weighted by Gasteiger charge is -2.22. The van der Waals surface area contributed by atoms with E-state index in [-0.39, 0.29) is 5.91 Å². The fourth-order valence-corrected chi connectivity index (χ4v) is 3.48. The van der Waals surface area contributed by atoms with Crippen LogP contribution in [0.2, 0.25) is 0 Å². The molecule has 2 fully saturated rings. The van der Waals surface area contributed by atoms with E-state index in [9.17, 15) is 4.79 Å². The van der Waals surface area contributed by atoms with Crippen molar-refractivity contribution in [1.82, 2.24) is 9.88 Å². The summed E-state index contributed by atoms with van der Waals surface area (Å²) >= 11 is 0. The van der Waals surface area contributed by atoms with Gasteiger partial charge in [-0.2, -0.15) is 0 Å². The number of nitrogens with two attached hydrogens (primary N) is 1. The van der Waals surface area contributed by atoms with E-state index in [1.54, 1.807) is 12.3 Å². The van der Waals surface area contributed by atoms with Gasteiger partial charge in [-0.05, 0) is 36.8 Å². The minimum Gasteiger partial charge on any atom is -0.338 e. The largest absolute Gasteiger partial charge is 0.338 e. The third kappa shape index (κ3) is 2.50. The van der Waals surface area contributed by atoms with Crippen LogP contribution in [0.4, 0.5) is 0 Å². The number of fused-ring (bicyclic) bond motifs is 1. The lowest BCUT2D eigenvalue weighted by atomic mass is 9.82. The van der Waals surface area contributed by atoms with Gasteiger partial charge in [0.05, 0.1) is 5.69 Å². The van der Waals surface area contributed by atoms with Crippen LogP contribution in [0, 0.1) is 11.8 Å². The fraction of sp³-hybridized carbons (Fsp3) is 0.600. The van der Waals surface area contributed by atoms with Crippen LogP contribution in [0.25, 0.3) is 0 Å². The second kappa shape index (κ2) is 5.29. The topological polar surface area (TPSA) is 59.2 Å². The summed E-state index contributed by atoms with van der Waals surface area (Å²) in [5.74, 6) is 1.61. The van der Waals surface area contributed by atoms with Gasteiger partial charge in [-0.25, -0.2) is 0 Å². The van der Waals surface area contributed by atoms with Crippen LogP contribution in [-0.4, -0.2) is 28.9 Å². The standard InChI is InChI=1S/C15H21N3O/c16-8-14-7-11(5-6-17-14)15(19)18-9-12-3-1-2-4-13(12)10-18/h5-7,12-13H,1-4,8-10,16H2. The Morgan fingerprint density at radius 3 is 2.63 bits per heavy atom. The third-order valence-corrected chi connectivity index (χ3v) is 4.54. The number of carbonyl (C=O) groups is 1. The lowest BCUT2D eigenvalue weighted by molar-refractivity contribution is 0.0783. The molecule has 102 valence electrons. The van der Waals surface area contributed by atoms with Crippen molar-refractivity contribution in [3.8, 4) is 0 Å². The summed E-state index contributed by atoms with van der Waals surface area (Å²) in [6, 6.07) is 3.62. The number of carbonyl (C=O) groups excluding carboxylic acids is 1. The van der Waals surface area contributed by atoms with Gasteiger partial charge in [-0.15, -0.1) is 0 Å². The predicted molar refractivity (Wildman–Crippen MR) is 73.5 cm³/mol.